The summed E-state index contributed by atoms with van der Waals surface area (Å²) in [5.74, 6) is 1.96. The molecule has 1 aliphatic rings. The minimum atomic E-state index is -0.0767. The van der Waals surface area contributed by atoms with Crippen molar-refractivity contribution in [2.45, 2.75) is 19.5 Å². The smallest absolute Gasteiger partial charge is 0.238 e. The molecule has 92 valence electrons. The van der Waals surface area contributed by atoms with Gasteiger partial charge in [-0.2, -0.15) is 11.8 Å². The fourth-order valence-corrected chi connectivity index (χ4v) is 2.48. The first-order valence-electron chi connectivity index (χ1n) is 5.62. The number of nitrogens with one attached hydrogen (secondary N) is 2. The molecule has 2 rings (SSSR count). The Hall–Kier alpha value is -1.14. The van der Waals surface area contributed by atoms with Crippen molar-refractivity contribution in [3.63, 3.8) is 0 Å². The Morgan fingerprint density at radius 2 is 2.47 bits per heavy atom. The van der Waals surface area contributed by atoms with Crippen LogP contribution < -0.4 is 10.6 Å². The third-order valence-corrected chi connectivity index (χ3v) is 3.58. The predicted octanol–water partition coefficient (Wildman–Crippen LogP) is 0.106. The number of hydrogen-bond donors (Lipinski definition) is 2. The number of thioether (sulfide) groups is 1. The van der Waals surface area contributed by atoms with E-state index in [4.69, 9.17) is 0 Å². The number of nitrogens with zero attached hydrogens (tertiary/aromatic N) is 2. The predicted molar refractivity (Wildman–Crippen MR) is 67.7 cm³/mol. The fourth-order valence-electron chi connectivity index (χ4n) is 1.55. The van der Waals surface area contributed by atoms with E-state index in [9.17, 15) is 4.79 Å². The van der Waals surface area contributed by atoms with Gasteiger partial charge in [0.1, 0.15) is 0 Å². The zero-order valence-corrected chi connectivity index (χ0v) is 10.6. The summed E-state index contributed by atoms with van der Waals surface area (Å²) in [6.07, 6.45) is 3.40. The van der Waals surface area contributed by atoms with Gasteiger partial charge < -0.3 is 10.6 Å². The van der Waals surface area contributed by atoms with Crippen molar-refractivity contribution >= 4 is 17.7 Å². The van der Waals surface area contributed by atoms with E-state index in [1.54, 1.807) is 24.2 Å². The van der Waals surface area contributed by atoms with Gasteiger partial charge in [-0.25, -0.2) is 0 Å². The van der Waals surface area contributed by atoms with Crippen molar-refractivity contribution in [1.29, 1.82) is 0 Å². The molecule has 1 unspecified atom stereocenters. The molecule has 0 aromatic carbocycles. The zero-order chi connectivity index (χ0) is 12.1. The average molecular weight is 252 g/mol. The first-order chi connectivity index (χ1) is 8.25. The summed E-state index contributed by atoms with van der Waals surface area (Å²) < 4.78 is 0. The molecular weight excluding hydrogens is 236 g/mol. The molecule has 0 bridgehead atoms. The summed E-state index contributed by atoms with van der Waals surface area (Å²) in [5.41, 5.74) is 1.66. The fraction of sp³-hybridized carbons (Fsp3) is 0.545. The lowest BCUT2D eigenvalue weighted by Crippen LogP contribution is -2.48. The van der Waals surface area contributed by atoms with E-state index in [0.717, 1.165) is 29.4 Å². The number of hydrogen-bond acceptors (Lipinski definition) is 5. The van der Waals surface area contributed by atoms with Crippen molar-refractivity contribution < 1.29 is 4.79 Å². The van der Waals surface area contributed by atoms with Crippen LogP contribution in [0.15, 0.2) is 12.4 Å². The van der Waals surface area contributed by atoms with E-state index in [1.165, 1.54) is 0 Å². The normalized spacial score (nSPS) is 19.9. The van der Waals surface area contributed by atoms with Gasteiger partial charge >= 0.3 is 0 Å². The second kappa shape index (κ2) is 5.97. The van der Waals surface area contributed by atoms with Gasteiger partial charge in [0.05, 0.1) is 30.2 Å². The van der Waals surface area contributed by atoms with Crippen LogP contribution >= 0.6 is 11.8 Å². The Bertz CT molecular complexity index is 376. The summed E-state index contributed by atoms with van der Waals surface area (Å²) in [4.78, 5) is 20.1. The molecule has 6 heteroatoms. The standard InChI is InChI=1S/C11H16N4OS/c1-8-4-14-9(5-13-8)6-15-11(16)10-7-17-3-2-12-10/h4-5,10,12H,2-3,6-7H2,1H3,(H,15,16). The number of amides is 1. The highest BCUT2D eigenvalue weighted by atomic mass is 32.2. The lowest BCUT2D eigenvalue weighted by molar-refractivity contribution is -0.122. The van der Waals surface area contributed by atoms with Crippen LogP contribution in [0.2, 0.25) is 0 Å². The molecule has 1 aromatic rings. The first kappa shape index (κ1) is 12.3. The third kappa shape index (κ3) is 3.67. The number of carbonyl (C=O) groups is 1. The number of aryl methyl sites for hydroxylation is 1. The van der Waals surface area contributed by atoms with Crippen LogP contribution in [0.1, 0.15) is 11.4 Å². The van der Waals surface area contributed by atoms with Crippen molar-refractivity contribution in [3.05, 3.63) is 23.8 Å². The van der Waals surface area contributed by atoms with Crippen LogP contribution in [0.4, 0.5) is 0 Å². The minimum Gasteiger partial charge on any atom is -0.349 e. The molecule has 1 saturated heterocycles. The van der Waals surface area contributed by atoms with Gasteiger partial charge in [-0.3, -0.25) is 14.8 Å². The largest absolute Gasteiger partial charge is 0.349 e. The van der Waals surface area contributed by atoms with E-state index in [-0.39, 0.29) is 11.9 Å². The molecule has 0 spiro atoms. The van der Waals surface area contributed by atoms with Gasteiger partial charge in [-0.15, -0.1) is 0 Å². The van der Waals surface area contributed by atoms with Crippen molar-refractivity contribution in [2.75, 3.05) is 18.1 Å². The zero-order valence-electron chi connectivity index (χ0n) is 9.77. The van der Waals surface area contributed by atoms with E-state index in [1.807, 2.05) is 6.92 Å². The van der Waals surface area contributed by atoms with E-state index in [2.05, 4.69) is 20.6 Å². The Kier molecular flexibility index (Phi) is 4.33. The molecule has 1 aromatic heterocycles. The Morgan fingerprint density at radius 1 is 1.59 bits per heavy atom. The van der Waals surface area contributed by atoms with Crippen molar-refractivity contribution in [1.82, 2.24) is 20.6 Å². The molecule has 1 aliphatic heterocycles. The Labute approximate surface area is 105 Å². The van der Waals surface area contributed by atoms with E-state index >= 15 is 0 Å². The molecule has 2 heterocycles. The molecule has 0 saturated carbocycles. The second-order valence-electron chi connectivity index (χ2n) is 3.95. The first-order valence-corrected chi connectivity index (χ1v) is 6.77. The van der Waals surface area contributed by atoms with Gasteiger partial charge in [0.25, 0.3) is 0 Å². The Morgan fingerprint density at radius 3 is 3.12 bits per heavy atom. The van der Waals surface area contributed by atoms with Crippen LogP contribution in [0.3, 0.4) is 0 Å². The third-order valence-electron chi connectivity index (χ3n) is 2.52. The van der Waals surface area contributed by atoms with Crippen molar-refractivity contribution in [3.8, 4) is 0 Å². The van der Waals surface area contributed by atoms with Gasteiger partial charge in [-0.1, -0.05) is 0 Å². The maximum atomic E-state index is 11.8. The number of carbonyl (C=O) groups excluding carboxylic acids is 1. The van der Waals surface area contributed by atoms with Crippen LogP contribution in [0.25, 0.3) is 0 Å². The number of aromatic nitrogens is 2. The molecule has 1 atom stereocenters. The molecule has 1 amide bonds. The lowest BCUT2D eigenvalue weighted by Gasteiger charge is -2.22. The molecule has 0 radical (unpaired) electrons. The quantitative estimate of drug-likeness (QED) is 0.799. The molecule has 1 fully saturated rings. The van der Waals surface area contributed by atoms with Crippen LogP contribution in [-0.4, -0.2) is 40.0 Å². The summed E-state index contributed by atoms with van der Waals surface area (Å²) in [6, 6.07) is -0.0767. The van der Waals surface area contributed by atoms with Gasteiger partial charge in [0.2, 0.25) is 5.91 Å². The molecule has 17 heavy (non-hydrogen) atoms. The number of rotatable bonds is 3. The maximum Gasteiger partial charge on any atom is 0.238 e. The highest BCUT2D eigenvalue weighted by Crippen LogP contribution is 2.07. The van der Waals surface area contributed by atoms with Crippen LogP contribution in [0.5, 0.6) is 0 Å². The monoisotopic (exact) mass is 252 g/mol. The average Bonchev–Trinajstić information content (AvgIpc) is 2.39. The SMILES string of the molecule is Cc1cnc(CNC(=O)C2CSCCN2)cn1. The molecule has 0 aliphatic carbocycles. The van der Waals surface area contributed by atoms with Crippen LogP contribution in [-0.2, 0) is 11.3 Å². The van der Waals surface area contributed by atoms with Gasteiger partial charge in [-0.05, 0) is 6.92 Å². The molecular formula is C11H16N4OS. The highest BCUT2D eigenvalue weighted by molar-refractivity contribution is 7.99. The summed E-state index contributed by atoms with van der Waals surface area (Å²) in [5, 5.41) is 6.07. The van der Waals surface area contributed by atoms with E-state index < -0.39 is 0 Å². The van der Waals surface area contributed by atoms with E-state index in [0.29, 0.717) is 6.54 Å². The van der Waals surface area contributed by atoms with Gasteiger partial charge in [0.15, 0.2) is 0 Å². The highest BCUT2D eigenvalue weighted by Gasteiger charge is 2.20. The molecule has 2 N–H and O–H groups in total. The summed E-state index contributed by atoms with van der Waals surface area (Å²) in [6.45, 7) is 3.22. The minimum absolute atomic E-state index is 0.0413. The van der Waals surface area contributed by atoms with Crippen molar-refractivity contribution in [2.24, 2.45) is 0 Å². The lowest BCUT2D eigenvalue weighted by atomic mass is 10.3. The van der Waals surface area contributed by atoms with Gasteiger partial charge in [0, 0.05) is 24.2 Å². The second-order valence-corrected chi connectivity index (χ2v) is 5.10. The topological polar surface area (TPSA) is 66.9 Å². The molecule has 5 nitrogen and oxygen atoms in total. The Balaban J connectivity index is 1.81. The maximum absolute atomic E-state index is 11.8. The van der Waals surface area contributed by atoms with Crippen LogP contribution in [0, 0.1) is 6.92 Å². The summed E-state index contributed by atoms with van der Waals surface area (Å²) in [7, 11) is 0. The summed E-state index contributed by atoms with van der Waals surface area (Å²) >= 11 is 1.80.